The molecule has 1 N–H and O–H groups in total. The maximum absolute atomic E-state index is 9.94. The van der Waals surface area contributed by atoms with E-state index >= 15 is 0 Å². The van der Waals surface area contributed by atoms with E-state index in [2.05, 4.69) is 26.8 Å². The third-order valence-electron chi connectivity index (χ3n) is 1.97. The quantitative estimate of drug-likeness (QED) is 0.744. The Bertz CT molecular complexity index is 258. The number of aryl methyl sites for hydroxylation is 1. The summed E-state index contributed by atoms with van der Waals surface area (Å²) in [6, 6.07) is 2.05. The number of thiophene rings is 1. The summed E-state index contributed by atoms with van der Waals surface area (Å²) in [4.78, 5) is 1.10. The Morgan fingerprint density at radius 3 is 2.07 bits per heavy atom. The molecule has 0 aromatic carbocycles. The molecule has 1 aromatic heterocycles. The van der Waals surface area contributed by atoms with Crippen LogP contribution in [-0.2, 0) is 0 Å². The van der Waals surface area contributed by atoms with Crippen LogP contribution in [0.2, 0.25) is 0 Å². The van der Waals surface area contributed by atoms with Crippen molar-refractivity contribution in [1.29, 1.82) is 0 Å². The number of aliphatic hydroxyl groups excluding tert-OH is 1. The Morgan fingerprint density at radius 1 is 1.29 bits per heavy atom. The second kappa shape index (κ2) is 5.52. The molecule has 0 bridgehead atoms. The molecule has 0 aliphatic rings. The zero-order valence-electron chi connectivity index (χ0n) is 10.1. The molecule has 0 aliphatic heterocycles. The lowest BCUT2D eigenvalue weighted by Crippen LogP contribution is -2.17. The lowest BCUT2D eigenvalue weighted by Gasteiger charge is -2.25. The van der Waals surface area contributed by atoms with Crippen LogP contribution in [0.4, 0.5) is 0 Å². The monoisotopic (exact) mass is 214 g/mol. The first-order valence-corrected chi connectivity index (χ1v) is 6.03. The zero-order chi connectivity index (χ0) is 11.4. The Hall–Kier alpha value is -0.340. The normalized spacial score (nSPS) is 13.1. The van der Waals surface area contributed by atoms with Gasteiger partial charge in [0, 0.05) is 4.88 Å². The van der Waals surface area contributed by atoms with Crippen molar-refractivity contribution in [3.05, 3.63) is 21.9 Å². The highest BCUT2D eigenvalue weighted by Crippen LogP contribution is 2.36. The fraction of sp³-hybridized carbons (Fsp3) is 0.667. The van der Waals surface area contributed by atoms with Crippen LogP contribution in [0.1, 0.15) is 51.2 Å². The fourth-order valence-electron chi connectivity index (χ4n) is 1.06. The molecule has 1 unspecified atom stereocenters. The highest BCUT2D eigenvalue weighted by atomic mass is 32.1. The van der Waals surface area contributed by atoms with Gasteiger partial charge < -0.3 is 5.11 Å². The molecular formula is C12H22OS. The number of rotatable bonds is 1. The van der Waals surface area contributed by atoms with Gasteiger partial charge in [-0.15, -0.1) is 11.3 Å². The van der Waals surface area contributed by atoms with Gasteiger partial charge in [0.05, 0.1) is 6.10 Å². The van der Waals surface area contributed by atoms with E-state index in [-0.39, 0.29) is 11.5 Å². The third kappa shape index (κ3) is 3.43. The van der Waals surface area contributed by atoms with Crippen molar-refractivity contribution in [2.24, 2.45) is 5.41 Å². The van der Waals surface area contributed by atoms with Crippen molar-refractivity contribution in [1.82, 2.24) is 0 Å². The first-order chi connectivity index (χ1) is 6.43. The summed E-state index contributed by atoms with van der Waals surface area (Å²) in [6.07, 6.45) is -0.336. The van der Waals surface area contributed by atoms with Crippen molar-refractivity contribution in [3.63, 3.8) is 0 Å². The van der Waals surface area contributed by atoms with Gasteiger partial charge in [-0.1, -0.05) is 34.6 Å². The Morgan fingerprint density at radius 2 is 1.79 bits per heavy atom. The van der Waals surface area contributed by atoms with E-state index in [1.807, 2.05) is 26.2 Å². The lowest BCUT2D eigenvalue weighted by atomic mass is 9.87. The standard InChI is InChI=1S/C10H16OS.C2H6/c1-7-5-6-12-8(7)9(11)10(2,3)4;1-2/h5-6,9,11H,1-4H3;1-2H3. The second-order valence-electron chi connectivity index (χ2n) is 4.24. The Kier molecular flexibility index (Phi) is 5.38. The van der Waals surface area contributed by atoms with Crippen molar-refractivity contribution >= 4 is 11.3 Å². The van der Waals surface area contributed by atoms with E-state index in [0.29, 0.717) is 0 Å². The summed E-state index contributed by atoms with van der Waals surface area (Å²) in [7, 11) is 0. The number of hydrogen-bond donors (Lipinski definition) is 1. The summed E-state index contributed by atoms with van der Waals surface area (Å²) in [5, 5.41) is 12.0. The minimum absolute atomic E-state index is 0.0599. The second-order valence-corrected chi connectivity index (χ2v) is 5.18. The van der Waals surface area contributed by atoms with E-state index in [4.69, 9.17) is 0 Å². The highest BCUT2D eigenvalue weighted by molar-refractivity contribution is 7.10. The molecule has 0 fully saturated rings. The van der Waals surface area contributed by atoms with Crippen molar-refractivity contribution in [3.8, 4) is 0 Å². The van der Waals surface area contributed by atoms with Crippen LogP contribution in [-0.4, -0.2) is 5.11 Å². The maximum Gasteiger partial charge on any atom is 0.0932 e. The molecule has 2 heteroatoms. The Balaban J connectivity index is 0.000000791. The van der Waals surface area contributed by atoms with Gasteiger partial charge in [-0.2, -0.15) is 0 Å². The number of aliphatic hydroxyl groups is 1. The minimum Gasteiger partial charge on any atom is -0.387 e. The summed E-state index contributed by atoms with van der Waals surface area (Å²) in [5.74, 6) is 0. The van der Waals surface area contributed by atoms with Gasteiger partial charge in [-0.3, -0.25) is 0 Å². The molecule has 14 heavy (non-hydrogen) atoms. The van der Waals surface area contributed by atoms with Gasteiger partial charge in [0.25, 0.3) is 0 Å². The number of hydrogen-bond acceptors (Lipinski definition) is 2. The molecular weight excluding hydrogens is 192 g/mol. The molecule has 1 rings (SSSR count). The van der Waals surface area contributed by atoms with E-state index < -0.39 is 0 Å². The molecule has 0 saturated carbocycles. The van der Waals surface area contributed by atoms with Crippen LogP contribution in [0.3, 0.4) is 0 Å². The summed E-state index contributed by atoms with van der Waals surface area (Å²) < 4.78 is 0. The predicted molar refractivity (Wildman–Crippen MR) is 64.8 cm³/mol. The van der Waals surface area contributed by atoms with E-state index in [9.17, 15) is 5.11 Å². The van der Waals surface area contributed by atoms with Gasteiger partial charge >= 0.3 is 0 Å². The molecule has 82 valence electrons. The molecule has 0 spiro atoms. The molecule has 0 saturated heterocycles. The van der Waals surface area contributed by atoms with Crippen LogP contribution in [0, 0.1) is 12.3 Å². The Labute approximate surface area is 91.8 Å². The van der Waals surface area contributed by atoms with Gasteiger partial charge in [0.2, 0.25) is 0 Å². The largest absolute Gasteiger partial charge is 0.387 e. The fourth-order valence-corrected chi connectivity index (χ4v) is 2.21. The van der Waals surface area contributed by atoms with Crippen LogP contribution in [0.5, 0.6) is 0 Å². The lowest BCUT2D eigenvalue weighted by molar-refractivity contribution is 0.0653. The molecule has 0 radical (unpaired) electrons. The topological polar surface area (TPSA) is 20.2 Å². The summed E-state index contributed by atoms with van der Waals surface area (Å²) >= 11 is 1.63. The minimum atomic E-state index is -0.336. The third-order valence-corrected chi connectivity index (χ3v) is 3.04. The van der Waals surface area contributed by atoms with Crippen molar-refractivity contribution in [2.75, 3.05) is 0 Å². The average molecular weight is 214 g/mol. The SMILES string of the molecule is CC.Cc1ccsc1C(O)C(C)(C)C. The first-order valence-electron chi connectivity index (χ1n) is 5.15. The smallest absolute Gasteiger partial charge is 0.0932 e. The maximum atomic E-state index is 9.94. The van der Waals surface area contributed by atoms with Crippen molar-refractivity contribution < 1.29 is 5.11 Å². The van der Waals surface area contributed by atoms with E-state index in [1.165, 1.54) is 5.56 Å². The average Bonchev–Trinajstić information content (AvgIpc) is 2.52. The van der Waals surface area contributed by atoms with Gasteiger partial charge in [-0.05, 0) is 29.3 Å². The predicted octanol–water partition coefficient (Wildman–Crippen LogP) is 4.16. The highest BCUT2D eigenvalue weighted by Gasteiger charge is 2.25. The summed E-state index contributed by atoms with van der Waals surface area (Å²) in [6.45, 7) is 12.2. The van der Waals surface area contributed by atoms with E-state index in [0.717, 1.165) is 4.88 Å². The van der Waals surface area contributed by atoms with Crippen LogP contribution < -0.4 is 0 Å². The van der Waals surface area contributed by atoms with E-state index in [1.54, 1.807) is 11.3 Å². The molecule has 0 amide bonds. The van der Waals surface area contributed by atoms with Crippen molar-refractivity contribution in [2.45, 2.75) is 47.6 Å². The van der Waals surface area contributed by atoms with Gasteiger partial charge in [0.15, 0.2) is 0 Å². The van der Waals surface area contributed by atoms with Crippen LogP contribution in [0.25, 0.3) is 0 Å². The molecule has 1 heterocycles. The van der Waals surface area contributed by atoms with Gasteiger partial charge in [-0.25, -0.2) is 0 Å². The van der Waals surface area contributed by atoms with Crippen LogP contribution >= 0.6 is 11.3 Å². The van der Waals surface area contributed by atoms with Crippen LogP contribution in [0.15, 0.2) is 11.4 Å². The molecule has 0 aliphatic carbocycles. The molecule has 1 atom stereocenters. The molecule has 1 nitrogen and oxygen atoms in total. The zero-order valence-corrected chi connectivity index (χ0v) is 10.9. The summed E-state index contributed by atoms with van der Waals surface area (Å²) in [5.41, 5.74) is 1.14. The van der Waals surface area contributed by atoms with Gasteiger partial charge in [0.1, 0.15) is 0 Å². The first kappa shape index (κ1) is 13.7. The molecule has 1 aromatic rings.